The van der Waals surface area contributed by atoms with E-state index in [2.05, 4.69) is 15.3 Å². The normalized spacial score (nSPS) is 10.3. The Labute approximate surface area is 111 Å². The number of hydrogen-bond acceptors (Lipinski definition) is 4. The van der Waals surface area contributed by atoms with E-state index in [1.165, 1.54) is 12.1 Å². The van der Waals surface area contributed by atoms with Crippen LogP contribution in [0.2, 0.25) is 0 Å². The first-order chi connectivity index (χ1) is 9.13. The molecule has 1 aromatic heterocycles. The lowest BCUT2D eigenvalue weighted by Crippen LogP contribution is -2.04. The second-order valence-electron chi connectivity index (χ2n) is 4.08. The summed E-state index contributed by atoms with van der Waals surface area (Å²) in [6.45, 7) is 3.86. The lowest BCUT2D eigenvalue weighted by molar-refractivity contribution is 0.453. The summed E-state index contributed by atoms with van der Waals surface area (Å²) in [5.41, 5.74) is 0.823. The van der Waals surface area contributed by atoms with Crippen LogP contribution in [0.3, 0.4) is 0 Å². The van der Waals surface area contributed by atoms with Crippen LogP contribution < -0.4 is 10.1 Å². The van der Waals surface area contributed by atoms with Crippen molar-refractivity contribution in [2.75, 3.05) is 12.4 Å². The van der Waals surface area contributed by atoms with Gasteiger partial charge in [-0.1, -0.05) is 6.92 Å². The zero-order valence-corrected chi connectivity index (χ0v) is 11.2. The Morgan fingerprint density at radius 1 is 1.21 bits per heavy atom. The third-order valence-corrected chi connectivity index (χ3v) is 2.73. The van der Waals surface area contributed by atoms with Crippen LogP contribution in [0.25, 0.3) is 0 Å². The first-order valence-corrected chi connectivity index (χ1v) is 6.12. The second-order valence-corrected chi connectivity index (χ2v) is 4.08. The molecular formula is C14H16FN3O. The van der Waals surface area contributed by atoms with Crippen LogP contribution in [0.1, 0.15) is 18.3 Å². The number of benzene rings is 1. The van der Waals surface area contributed by atoms with Crippen molar-refractivity contribution in [1.82, 2.24) is 9.97 Å². The summed E-state index contributed by atoms with van der Waals surface area (Å²) in [7, 11) is 1.80. The van der Waals surface area contributed by atoms with Gasteiger partial charge in [-0.25, -0.2) is 9.37 Å². The van der Waals surface area contributed by atoms with Crippen molar-refractivity contribution in [1.29, 1.82) is 0 Å². The fraction of sp³-hybridized carbons (Fsp3) is 0.286. The third-order valence-electron chi connectivity index (χ3n) is 2.73. The van der Waals surface area contributed by atoms with Crippen LogP contribution >= 0.6 is 0 Å². The summed E-state index contributed by atoms with van der Waals surface area (Å²) in [6.07, 6.45) is 0.717. The molecule has 0 spiro atoms. The summed E-state index contributed by atoms with van der Waals surface area (Å²) in [4.78, 5) is 8.71. The molecule has 0 fully saturated rings. The molecule has 0 saturated heterocycles. The monoisotopic (exact) mass is 261 g/mol. The van der Waals surface area contributed by atoms with Gasteiger partial charge in [-0.15, -0.1) is 0 Å². The number of anilines is 1. The number of rotatable bonds is 4. The van der Waals surface area contributed by atoms with E-state index in [9.17, 15) is 4.39 Å². The summed E-state index contributed by atoms with van der Waals surface area (Å²) < 4.78 is 18.5. The Morgan fingerprint density at radius 3 is 2.47 bits per heavy atom. The molecule has 0 atom stereocenters. The molecule has 100 valence electrons. The minimum absolute atomic E-state index is 0.295. The van der Waals surface area contributed by atoms with Crippen molar-refractivity contribution in [3.63, 3.8) is 0 Å². The minimum atomic E-state index is -0.295. The maximum Gasteiger partial charge on any atom is 0.227 e. The van der Waals surface area contributed by atoms with Crippen LogP contribution in [0.5, 0.6) is 11.6 Å². The van der Waals surface area contributed by atoms with Gasteiger partial charge in [0.1, 0.15) is 23.2 Å². The van der Waals surface area contributed by atoms with Crippen molar-refractivity contribution < 1.29 is 9.13 Å². The first kappa shape index (κ1) is 13.3. The average Bonchev–Trinajstić information content (AvgIpc) is 2.43. The molecule has 5 heteroatoms. The molecule has 0 amide bonds. The van der Waals surface area contributed by atoms with Gasteiger partial charge in [-0.2, -0.15) is 4.98 Å². The van der Waals surface area contributed by atoms with Gasteiger partial charge in [0.15, 0.2) is 0 Å². The highest BCUT2D eigenvalue weighted by atomic mass is 19.1. The minimum Gasteiger partial charge on any atom is -0.439 e. The molecule has 0 unspecified atom stereocenters. The van der Waals surface area contributed by atoms with Gasteiger partial charge in [-0.05, 0) is 31.2 Å². The van der Waals surface area contributed by atoms with Gasteiger partial charge < -0.3 is 10.1 Å². The fourth-order valence-electron chi connectivity index (χ4n) is 1.66. The fourth-order valence-corrected chi connectivity index (χ4v) is 1.66. The molecule has 2 aromatic rings. The molecule has 0 aliphatic rings. The highest BCUT2D eigenvalue weighted by Crippen LogP contribution is 2.27. The first-order valence-electron chi connectivity index (χ1n) is 6.12. The molecule has 0 radical (unpaired) electrons. The van der Waals surface area contributed by atoms with Crippen LogP contribution in [-0.2, 0) is 6.42 Å². The van der Waals surface area contributed by atoms with E-state index in [0.29, 0.717) is 17.5 Å². The highest BCUT2D eigenvalue weighted by Gasteiger charge is 2.11. The molecule has 0 saturated carbocycles. The van der Waals surface area contributed by atoms with E-state index in [-0.39, 0.29) is 5.82 Å². The van der Waals surface area contributed by atoms with Gasteiger partial charge in [-0.3, -0.25) is 0 Å². The van der Waals surface area contributed by atoms with Crippen molar-refractivity contribution >= 4 is 5.82 Å². The number of halogens is 1. The molecule has 1 heterocycles. The maximum absolute atomic E-state index is 12.9. The second kappa shape index (κ2) is 5.65. The number of nitrogens with one attached hydrogen (secondary N) is 1. The van der Waals surface area contributed by atoms with Crippen molar-refractivity contribution in [2.45, 2.75) is 20.3 Å². The van der Waals surface area contributed by atoms with E-state index in [1.807, 2.05) is 13.8 Å². The number of aryl methyl sites for hydroxylation is 1. The van der Waals surface area contributed by atoms with Crippen LogP contribution in [0.15, 0.2) is 24.3 Å². The van der Waals surface area contributed by atoms with E-state index >= 15 is 0 Å². The Morgan fingerprint density at radius 2 is 1.89 bits per heavy atom. The predicted octanol–water partition coefficient (Wildman–Crippen LogP) is 3.32. The van der Waals surface area contributed by atoms with E-state index in [1.54, 1.807) is 19.2 Å². The molecule has 1 N–H and O–H groups in total. The Hall–Kier alpha value is -2.17. The lowest BCUT2D eigenvalue weighted by Gasteiger charge is -2.12. The average molecular weight is 261 g/mol. The summed E-state index contributed by atoms with van der Waals surface area (Å²) in [6, 6.07) is 5.85. The van der Waals surface area contributed by atoms with Crippen LogP contribution in [-0.4, -0.2) is 17.0 Å². The lowest BCUT2D eigenvalue weighted by atomic mass is 10.3. The number of ether oxygens (including phenoxy) is 1. The van der Waals surface area contributed by atoms with Crippen molar-refractivity contribution in [3.8, 4) is 11.6 Å². The molecule has 0 aliphatic heterocycles. The van der Waals surface area contributed by atoms with Crippen molar-refractivity contribution in [2.24, 2.45) is 0 Å². The molecular weight excluding hydrogens is 245 g/mol. The summed E-state index contributed by atoms with van der Waals surface area (Å²) in [5, 5.41) is 3.01. The largest absolute Gasteiger partial charge is 0.439 e. The molecule has 2 rings (SSSR count). The Balaban J connectivity index is 2.35. The summed E-state index contributed by atoms with van der Waals surface area (Å²) in [5.74, 6) is 2.18. The molecule has 4 nitrogen and oxygen atoms in total. The van der Waals surface area contributed by atoms with Gasteiger partial charge in [0.05, 0.1) is 5.56 Å². The topological polar surface area (TPSA) is 47.0 Å². The number of aromatic nitrogens is 2. The van der Waals surface area contributed by atoms with Crippen LogP contribution in [0.4, 0.5) is 10.2 Å². The van der Waals surface area contributed by atoms with Crippen molar-refractivity contribution in [3.05, 3.63) is 41.5 Å². The predicted molar refractivity (Wildman–Crippen MR) is 72.2 cm³/mol. The Kier molecular flexibility index (Phi) is 3.94. The smallest absolute Gasteiger partial charge is 0.227 e. The van der Waals surface area contributed by atoms with Crippen LogP contribution in [0, 0.1) is 12.7 Å². The SMILES string of the molecule is CCc1nc(NC)c(C)c(Oc2ccc(F)cc2)n1. The number of hydrogen-bond donors (Lipinski definition) is 1. The van der Waals surface area contributed by atoms with E-state index in [0.717, 1.165) is 17.8 Å². The van der Waals surface area contributed by atoms with Gasteiger partial charge in [0.25, 0.3) is 0 Å². The summed E-state index contributed by atoms with van der Waals surface area (Å²) >= 11 is 0. The molecule has 0 aliphatic carbocycles. The number of nitrogens with zero attached hydrogens (tertiary/aromatic N) is 2. The zero-order valence-electron chi connectivity index (χ0n) is 11.2. The van der Waals surface area contributed by atoms with E-state index < -0.39 is 0 Å². The molecule has 19 heavy (non-hydrogen) atoms. The standard InChI is InChI=1S/C14H16FN3O/c1-4-12-17-13(16-3)9(2)14(18-12)19-11-7-5-10(15)6-8-11/h5-8H,4H2,1-3H3,(H,16,17,18). The zero-order chi connectivity index (χ0) is 13.8. The van der Waals surface area contributed by atoms with E-state index in [4.69, 9.17) is 4.74 Å². The maximum atomic E-state index is 12.9. The quantitative estimate of drug-likeness (QED) is 0.917. The molecule has 0 bridgehead atoms. The third kappa shape index (κ3) is 2.99. The van der Waals surface area contributed by atoms with Gasteiger partial charge >= 0.3 is 0 Å². The highest BCUT2D eigenvalue weighted by molar-refractivity contribution is 5.49. The Bertz CT molecular complexity index is 570. The van der Waals surface area contributed by atoms with Gasteiger partial charge in [0, 0.05) is 13.5 Å². The van der Waals surface area contributed by atoms with Gasteiger partial charge in [0.2, 0.25) is 5.88 Å². The molecule has 1 aromatic carbocycles.